The molecular formula is C21H20N4O2S. The Hall–Kier alpha value is -3.19. The molecule has 0 aliphatic carbocycles. The fourth-order valence-corrected chi connectivity index (χ4v) is 3.30. The Balaban J connectivity index is 1.51. The Labute approximate surface area is 167 Å². The summed E-state index contributed by atoms with van der Waals surface area (Å²) in [5.74, 6) is 1.18. The lowest BCUT2D eigenvalue weighted by Gasteiger charge is -2.12. The topological polar surface area (TPSA) is 75.8 Å². The van der Waals surface area contributed by atoms with Crippen LogP contribution in [0.1, 0.15) is 24.3 Å². The lowest BCUT2D eigenvalue weighted by atomic mass is 10.1. The highest BCUT2D eigenvalue weighted by Gasteiger charge is 2.17. The third kappa shape index (κ3) is 3.61. The number of rotatable bonds is 5. The van der Waals surface area contributed by atoms with E-state index in [2.05, 4.69) is 15.5 Å². The molecule has 0 fully saturated rings. The zero-order valence-corrected chi connectivity index (χ0v) is 16.4. The summed E-state index contributed by atoms with van der Waals surface area (Å²) in [5.41, 5.74) is 2.86. The number of furan rings is 1. The molecule has 0 aliphatic rings. The van der Waals surface area contributed by atoms with Gasteiger partial charge in [0.25, 0.3) is 0 Å². The summed E-state index contributed by atoms with van der Waals surface area (Å²) in [7, 11) is 0. The number of para-hydroxylation sites is 1. The SMILES string of the molecule is Cc1ccc(-c2n[nH]c(=S)n2CC(=O)NC(C)c2cc3ccccc3o2)cc1. The lowest BCUT2D eigenvalue weighted by Crippen LogP contribution is -2.30. The van der Waals surface area contributed by atoms with Gasteiger partial charge in [-0.15, -0.1) is 0 Å². The summed E-state index contributed by atoms with van der Waals surface area (Å²) < 4.78 is 7.93. The van der Waals surface area contributed by atoms with Gasteiger partial charge in [-0.1, -0.05) is 48.0 Å². The van der Waals surface area contributed by atoms with Crippen LogP contribution in [-0.4, -0.2) is 20.7 Å². The van der Waals surface area contributed by atoms with E-state index in [-0.39, 0.29) is 18.5 Å². The summed E-state index contributed by atoms with van der Waals surface area (Å²) in [5, 5.41) is 11.0. The maximum Gasteiger partial charge on any atom is 0.240 e. The van der Waals surface area contributed by atoms with Gasteiger partial charge in [0.2, 0.25) is 5.91 Å². The minimum absolute atomic E-state index is 0.0725. The van der Waals surface area contributed by atoms with E-state index in [9.17, 15) is 4.79 Å². The largest absolute Gasteiger partial charge is 0.459 e. The number of H-pyrrole nitrogens is 1. The molecule has 0 bridgehead atoms. The molecule has 4 rings (SSSR count). The van der Waals surface area contributed by atoms with Gasteiger partial charge in [0, 0.05) is 10.9 Å². The molecule has 1 unspecified atom stereocenters. The van der Waals surface area contributed by atoms with Crippen molar-refractivity contribution in [3.63, 3.8) is 0 Å². The molecule has 0 saturated heterocycles. The molecule has 0 aliphatic heterocycles. The first-order valence-electron chi connectivity index (χ1n) is 9.01. The zero-order chi connectivity index (χ0) is 19.7. The second kappa shape index (κ2) is 7.44. The van der Waals surface area contributed by atoms with E-state index in [1.165, 1.54) is 0 Å². The molecule has 1 atom stereocenters. The standard InChI is InChI=1S/C21H20N4O2S/c1-13-7-9-15(10-8-13)20-23-24-21(28)25(20)12-19(26)22-14(2)18-11-16-5-3-4-6-17(16)27-18/h3-11,14H,12H2,1-2H3,(H,22,26)(H,24,28). The van der Waals surface area contributed by atoms with Crippen LogP contribution in [0.2, 0.25) is 0 Å². The molecule has 142 valence electrons. The van der Waals surface area contributed by atoms with Crippen LogP contribution in [0.15, 0.2) is 59.0 Å². The first-order valence-corrected chi connectivity index (χ1v) is 9.42. The summed E-state index contributed by atoms with van der Waals surface area (Å²) in [6, 6.07) is 17.4. The predicted molar refractivity (Wildman–Crippen MR) is 110 cm³/mol. The van der Waals surface area contributed by atoms with Crippen molar-refractivity contribution >= 4 is 29.1 Å². The maximum absolute atomic E-state index is 12.6. The molecule has 6 nitrogen and oxygen atoms in total. The molecule has 2 heterocycles. The Morgan fingerprint density at radius 2 is 2.00 bits per heavy atom. The van der Waals surface area contributed by atoms with Crippen molar-refractivity contribution in [3.05, 3.63) is 70.7 Å². The zero-order valence-electron chi connectivity index (χ0n) is 15.6. The van der Waals surface area contributed by atoms with Crippen LogP contribution in [0.3, 0.4) is 0 Å². The van der Waals surface area contributed by atoms with E-state index in [4.69, 9.17) is 16.6 Å². The number of aryl methyl sites for hydroxylation is 1. The van der Waals surface area contributed by atoms with Crippen LogP contribution in [0.4, 0.5) is 0 Å². The van der Waals surface area contributed by atoms with Gasteiger partial charge in [0.1, 0.15) is 17.9 Å². The van der Waals surface area contributed by atoms with Gasteiger partial charge in [0.15, 0.2) is 10.6 Å². The molecular weight excluding hydrogens is 372 g/mol. The Bertz CT molecular complexity index is 1150. The van der Waals surface area contributed by atoms with Crippen molar-refractivity contribution in [1.29, 1.82) is 0 Å². The first-order chi connectivity index (χ1) is 13.5. The smallest absolute Gasteiger partial charge is 0.240 e. The molecule has 2 N–H and O–H groups in total. The summed E-state index contributed by atoms with van der Waals surface area (Å²) >= 11 is 5.31. The monoisotopic (exact) mass is 392 g/mol. The van der Waals surface area contributed by atoms with Crippen LogP contribution in [-0.2, 0) is 11.3 Å². The number of benzene rings is 2. The van der Waals surface area contributed by atoms with Crippen molar-refractivity contribution in [3.8, 4) is 11.4 Å². The van der Waals surface area contributed by atoms with Crippen molar-refractivity contribution in [2.75, 3.05) is 0 Å². The second-order valence-electron chi connectivity index (χ2n) is 6.78. The van der Waals surface area contributed by atoms with Gasteiger partial charge in [-0.25, -0.2) is 0 Å². The molecule has 1 amide bonds. The molecule has 28 heavy (non-hydrogen) atoms. The number of aromatic nitrogens is 3. The van der Waals surface area contributed by atoms with E-state index in [1.54, 1.807) is 4.57 Å². The average Bonchev–Trinajstić information content (AvgIpc) is 3.27. The van der Waals surface area contributed by atoms with E-state index >= 15 is 0 Å². The van der Waals surface area contributed by atoms with E-state index in [0.717, 1.165) is 22.1 Å². The number of amides is 1. The average molecular weight is 392 g/mol. The Kier molecular flexibility index (Phi) is 4.83. The van der Waals surface area contributed by atoms with Gasteiger partial charge in [-0.05, 0) is 38.2 Å². The number of carbonyl (C=O) groups is 1. The summed E-state index contributed by atoms with van der Waals surface area (Å²) in [4.78, 5) is 12.6. The Morgan fingerprint density at radius 3 is 2.75 bits per heavy atom. The number of hydrogen-bond donors (Lipinski definition) is 2. The minimum atomic E-state index is -0.260. The first kappa shape index (κ1) is 18.2. The van der Waals surface area contributed by atoms with Gasteiger partial charge < -0.3 is 9.73 Å². The quantitative estimate of drug-likeness (QED) is 0.489. The van der Waals surface area contributed by atoms with Crippen LogP contribution < -0.4 is 5.32 Å². The fourth-order valence-electron chi connectivity index (χ4n) is 3.11. The van der Waals surface area contributed by atoms with E-state index < -0.39 is 0 Å². The summed E-state index contributed by atoms with van der Waals surface area (Å²) in [6.45, 7) is 3.99. The molecule has 0 saturated carbocycles. The third-order valence-electron chi connectivity index (χ3n) is 4.62. The number of fused-ring (bicyclic) bond motifs is 1. The number of hydrogen-bond acceptors (Lipinski definition) is 4. The molecule has 4 aromatic rings. The maximum atomic E-state index is 12.6. The van der Waals surface area contributed by atoms with Crippen LogP contribution in [0.5, 0.6) is 0 Å². The predicted octanol–water partition coefficient (Wildman–Crippen LogP) is 4.54. The van der Waals surface area contributed by atoms with Gasteiger partial charge >= 0.3 is 0 Å². The molecule has 2 aromatic carbocycles. The van der Waals surface area contributed by atoms with Gasteiger partial charge in [0.05, 0.1) is 6.04 Å². The molecule has 2 aromatic heterocycles. The van der Waals surface area contributed by atoms with Crippen LogP contribution in [0.25, 0.3) is 22.4 Å². The van der Waals surface area contributed by atoms with E-state index in [1.807, 2.05) is 68.4 Å². The highest BCUT2D eigenvalue weighted by atomic mass is 32.1. The fraction of sp³-hybridized carbons (Fsp3) is 0.190. The number of aromatic amines is 1. The van der Waals surface area contributed by atoms with Crippen molar-refractivity contribution < 1.29 is 9.21 Å². The lowest BCUT2D eigenvalue weighted by molar-refractivity contribution is -0.122. The minimum Gasteiger partial charge on any atom is -0.459 e. The normalized spacial score (nSPS) is 12.2. The van der Waals surface area contributed by atoms with Crippen molar-refractivity contribution in [1.82, 2.24) is 20.1 Å². The molecule has 0 spiro atoms. The summed E-state index contributed by atoms with van der Waals surface area (Å²) in [6.07, 6.45) is 0. The Morgan fingerprint density at radius 1 is 1.25 bits per heavy atom. The highest BCUT2D eigenvalue weighted by Crippen LogP contribution is 2.24. The van der Waals surface area contributed by atoms with Crippen molar-refractivity contribution in [2.45, 2.75) is 26.4 Å². The molecule has 0 radical (unpaired) electrons. The van der Waals surface area contributed by atoms with Crippen LogP contribution in [0, 0.1) is 11.7 Å². The molecule has 7 heteroatoms. The number of nitrogens with one attached hydrogen (secondary N) is 2. The third-order valence-corrected chi connectivity index (χ3v) is 4.93. The highest BCUT2D eigenvalue weighted by molar-refractivity contribution is 7.71. The van der Waals surface area contributed by atoms with E-state index in [0.29, 0.717) is 16.4 Å². The van der Waals surface area contributed by atoms with Crippen LogP contribution >= 0.6 is 12.2 Å². The van der Waals surface area contributed by atoms with Gasteiger partial charge in [-0.3, -0.25) is 14.5 Å². The second-order valence-corrected chi connectivity index (χ2v) is 7.17. The number of nitrogens with zero attached hydrogens (tertiary/aromatic N) is 2. The van der Waals surface area contributed by atoms with Gasteiger partial charge in [-0.2, -0.15) is 5.10 Å². The van der Waals surface area contributed by atoms with Crippen molar-refractivity contribution in [2.24, 2.45) is 0 Å². The number of carbonyl (C=O) groups excluding carboxylic acids is 1.